The van der Waals surface area contributed by atoms with Crippen molar-refractivity contribution in [3.8, 4) is 5.75 Å². The van der Waals surface area contributed by atoms with Crippen LogP contribution in [0, 0.1) is 5.92 Å². The van der Waals surface area contributed by atoms with Gasteiger partial charge in [-0.2, -0.15) is 0 Å². The topological polar surface area (TPSA) is 70.0 Å². The van der Waals surface area contributed by atoms with Gasteiger partial charge in [-0.15, -0.1) is 0 Å². The van der Waals surface area contributed by atoms with Crippen LogP contribution < -0.4 is 4.74 Å². The Morgan fingerprint density at radius 1 is 1.20 bits per heavy atom. The molecular weight excluding hydrogens is 378 g/mol. The van der Waals surface area contributed by atoms with Crippen molar-refractivity contribution in [2.24, 2.45) is 5.92 Å². The minimum Gasteiger partial charge on any atom is -0.489 e. The highest BCUT2D eigenvalue weighted by Gasteiger charge is 2.41. The number of carbonyl (C=O) groups is 1. The number of rotatable bonds is 9. The molecule has 5 nitrogen and oxygen atoms in total. The van der Waals surface area contributed by atoms with E-state index in [-0.39, 0.29) is 5.92 Å². The largest absolute Gasteiger partial charge is 0.489 e. The maximum absolute atomic E-state index is 11.7. The summed E-state index contributed by atoms with van der Waals surface area (Å²) < 4.78 is 5.97. The first-order valence-corrected chi connectivity index (χ1v) is 10.9. The average molecular weight is 412 g/mol. The van der Waals surface area contributed by atoms with Gasteiger partial charge in [0.25, 0.3) is 0 Å². The number of hydrogen-bond acceptors (Lipinski definition) is 4. The second kappa shape index (κ2) is 10.1. The molecule has 0 aromatic heterocycles. The van der Waals surface area contributed by atoms with Gasteiger partial charge in [0.05, 0.1) is 5.60 Å². The Morgan fingerprint density at radius 3 is 2.67 bits per heavy atom. The van der Waals surface area contributed by atoms with Crippen LogP contribution >= 0.6 is 0 Å². The van der Waals surface area contributed by atoms with Crippen molar-refractivity contribution >= 4 is 5.97 Å². The van der Waals surface area contributed by atoms with E-state index in [0.717, 1.165) is 36.1 Å². The molecule has 0 heterocycles. The van der Waals surface area contributed by atoms with E-state index in [1.807, 2.05) is 73.5 Å². The number of carboxylic acids is 1. The number of aliphatic hydroxyl groups is 1. The zero-order valence-corrected chi connectivity index (χ0v) is 18.0. The smallest absolute Gasteiger partial charge is 0.320 e. The Kier molecular flexibility index (Phi) is 7.51. The van der Waals surface area contributed by atoms with Gasteiger partial charge in [0.1, 0.15) is 18.4 Å². The Bertz CT molecular complexity index is 825. The van der Waals surface area contributed by atoms with Gasteiger partial charge in [-0.05, 0) is 49.6 Å². The van der Waals surface area contributed by atoms with E-state index >= 15 is 0 Å². The minimum atomic E-state index is -0.977. The van der Waals surface area contributed by atoms with Gasteiger partial charge in [-0.3, -0.25) is 9.69 Å². The Balaban J connectivity index is 1.76. The molecule has 3 rings (SSSR count). The van der Waals surface area contributed by atoms with Crippen LogP contribution in [0.2, 0.25) is 0 Å². The third-order valence-electron chi connectivity index (χ3n) is 6.33. The lowest BCUT2D eigenvalue weighted by atomic mass is 9.71. The van der Waals surface area contributed by atoms with Crippen molar-refractivity contribution in [1.82, 2.24) is 4.90 Å². The fraction of sp³-hybridized carbons (Fsp3) is 0.480. The standard InChI is InChI=1S/C25H33NO4/c1-3-23(24(27)28)26(2)17-21-12-7-8-15-25(21,29)20-13-9-14-22(16-20)30-18-19-10-5-4-6-11-19/h4-6,9-11,13-14,16,21,23,29H,3,7-8,12,15,17-18H2,1-2H3,(H,27,28). The van der Waals surface area contributed by atoms with E-state index in [2.05, 4.69) is 0 Å². The molecule has 2 aromatic rings. The maximum Gasteiger partial charge on any atom is 0.320 e. The number of carboxylic acid groups (broad SMARTS) is 1. The summed E-state index contributed by atoms with van der Waals surface area (Å²) in [7, 11) is 1.84. The summed E-state index contributed by atoms with van der Waals surface area (Å²) in [4.78, 5) is 13.4. The molecule has 0 aliphatic heterocycles. The number of hydrogen-bond donors (Lipinski definition) is 2. The zero-order chi connectivity index (χ0) is 21.6. The van der Waals surface area contributed by atoms with Crippen LogP contribution in [0.15, 0.2) is 54.6 Å². The molecule has 0 spiro atoms. The predicted octanol–water partition coefficient (Wildman–Crippen LogP) is 4.44. The van der Waals surface area contributed by atoms with Gasteiger partial charge in [0.2, 0.25) is 0 Å². The molecule has 1 aliphatic carbocycles. The van der Waals surface area contributed by atoms with Crippen LogP contribution in [0.25, 0.3) is 0 Å². The van der Waals surface area contributed by atoms with E-state index in [1.165, 1.54) is 0 Å². The van der Waals surface area contributed by atoms with Crippen molar-refractivity contribution in [2.75, 3.05) is 13.6 Å². The van der Waals surface area contributed by atoms with E-state index in [1.54, 1.807) is 0 Å². The summed E-state index contributed by atoms with van der Waals surface area (Å²) in [5.74, 6) is -0.0934. The van der Waals surface area contributed by atoms with Crippen LogP contribution in [0.4, 0.5) is 0 Å². The molecule has 30 heavy (non-hydrogen) atoms. The molecule has 3 atom stereocenters. The first kappa shape index (κ1) is 22.3. The summed E-state index contributed by atoms with van der Waals surface area (Å²) in [6, 6.07) is 17.2. The van der Waals surface area contributed by atoms with Gasteiger partial charge in [-0.25, -0.2) is 0 Å². The second-order valence-electron chi connectivity index (χ2n) is 8.37. The van der Waals surface area contributed by atoms with Crippen molar-refractivity contribution < 1.29 is 19.7 Å². The molecule has 2 N–H and O–H groups in total. The lowest BCUT2D eigenvalue weighted by Gasteiger charge is -2.43. The van der Waals surface area contributed by atoms with Crippen LogP contribution in [0.5, 0.6) is 5.75 Å². The third-order valence-corrected chi connectivity index (χ3v) is 6.33. The summed E-state index contributed by atoms with van der Waals surface area (Å²) in [5.41, 5.74) is 0.975. The number of aliphatic carboxylic acids is 1. The van der Waals surface area contributed by atoms with Crippen molar-refractivity contribution in [3.63, 3.8) is 0 Å². The fourth-order valence-electron chi connectivity index (χ4n) is 4.60. The first-order chi connectivity index (χ1) is 14.4. The van der Waals surface area contributed by atoms with Crippen LogP contribution in [0.1, 0.15) is 50.2 Å². The quantitative estimate of drug-likeness (QED) is 0.638. The third kappa shape index (κ3) is 5.21. The van der Waals surface area contributed by atoms with Crippen molar-refractivity contribution in [2.45, 2.75) is 57.3 Å². The first-order valence-electron chi connectivity index (χ1n) is 10.9. The molecule has 0 radical (unpaired) electrons. The van der Waals surface area contributed by atoms with Crippen LogP contribution in [0.3, 0.4) is 0 Å². The number of ether oxygens (including phenoxy) is 1. The summed E-state index contributed by atoms with van der Waals surface area (Å²) >= 11 is 0. The van der Waals surface area contributed by atoms with Gasteiger partial charge in [-0.1, -0.05) is 62.2 Å². The van der Waals surface area contributed by atoms with Crippen molar-refractivity contribution in [1.29, 1.82) is 0 Å². The molecule has 1 saturated carbocycles. The van der Waals surface area contributed by atoms with E-state index < -0.39 is 17.6 Å². The summed E-state index contributed by atoms with van der Waals surface area (Å²) in [6.07, 6.45) is 4.11. The van der Waals surface area contributed by atoms with Gasteiger partial charge in [0, 0.05) is 12.5 Å². The van der Waals surface area contributed by atoms with E-state index in [0.29, 0.717) is 26.0 Å². The lowest BCUT2D eigenvalue weighted by Crippen LogP contribution is -2.47. The van der Waals surface area contributed by atoms with Gasteiger partial charge in [0.15, 0.2) is 0 Å². The molecule has 1 aliphatic rings. The normalized spacial score (nSPS) is 22.6. The number of likely N-dealkylation sites (N-methyl/N-ethyl adjacent to an activating group) is 1. The van der Waals surface area contributed by atoms with Crippen molar-refractivity contribution in [3.05, 3.63) is 65.7 Å². The highest BCUT2D eigenvalue weighted by Crippen LogP contribution is 2.43. The summed E-state index contributed by atoms with van der Waals surface area (Å²) in [6.45, 7) is 2.91. The molecule has 0 amide bonds. The van der Waals surface area contributed by atoms with E-state index in [4.69, 9.17) is 4.74 Å². The van der Waals surface area contributed by atoms with Crippen LogP contribution in [-0.4, -0.2) is 40.7 Å². The summed E-state index contributed by atoms with van der Waals surface area (Å²) in [5, 5.41) is 21.2. The Hall–Kier alpha value is -2.37. The fourth-order valence-corrected chi connectivity index (χ4v) is 4.60. The average Bonchev–Trinajstić information content (AvgIpc) is 2.75. The lowest BCUT2D eigenvalue weighted by molar-refractivity contribution is -0.144. The number of benzene rings is 2. The molecule has 5 heteroatoms. The molecule has 0 saturated heterocycles. The molecule has 0 bridgehead atoms. The Labute approximate surface area is 179 Å². The molecule has 162 valence electrons. The Morgan fingerprint density at radius 2 is 1.97 bits per heavy atom. The molecule has 1 fully saturated rings. The number of nitrogens with zero attached hydrogens (tertiary/aromatic N) is 1. The second-order valence-corrected chi connectivity index (χ2v) is 8.37. The molecule has 2 aromatic carbocycles. The minimum absolute atomic E-state index is 0.0194. The molecular formula is C25H33NO4. The predicted molar refractivity (Wildman–Crippen MR) is 117 cm³/mol. The van der Waals surface area contributed by atoms with Crippen LogP contribution in [-0.2, 0) is 17.0 Å². The van der Waals surface area contributed by atoms with Gasteiger partial charge < -0.3 is 14.9 Å². The monoisotopic (exact) mass is 411 g/mol. The highest BCUT2D eigenvalue weighted by molar-refractivity contribution is 5.73. The highest BCUT2D eigenvalue weighted by atomic mass is 16.5. The van der Waals surface area contributed by atoms with Gasteiger partial charge >= 0.3 is 5.97 Å². The maximum atomic E-state index is 11.7. The van der Waals surface area contributed by atoms with E-state index in [9.17, 15) is 15.0 Å². The molecule has 3 unspecified atom stereocenters. The zero-order valence-electron chi connectivity index (χ0n) is 18.0. The SMILES string of the molecule is CCC(C(=O)O)N(C)CC1CCCCC1(O)c1cccc(OCc2ccccc2)c1.